The predicted molar refractivity (Wildman–Crippen MR) is 83.1 cm³/mol. The molecule has 98 valence electrons. The highest BCUT2D eigenvalue weighted by molar-refractivity contribution is 9.10. The molecule has 0 aliphatic carbocycles. The molecule has 0 aliphatic heterocycles. The molecule has 2 nitrogen and oxygen atoms in total. The molecule has 1 aromatic heterocycles. The van der Waals surface area contributed by atoms with Crippen molar-refractivity contribution >= 4 is 39.3 Å². The lowest BCUT2D eigenvalue weighted by atomic mass is 10.2. The second-order valence-corrected chi connectivity index (χ2v) is 5.72. The van der Waals surface area contributed by atoms with Gasteiger partial charge in [0.2, 0.25) is 0 Å². The molecule has 19 heavy (non-hydrogen) atoms. The number of rotatable bonds is 4. The molecular weight excluding hydrogens is 324 g/mol. The number of thiophene rings is 1. The van der Waals surface area contributed by atoms with Crippen LogP contribution in [0.2, 0.25) is 0 Å². The Balaban J connectivity index is 2.20. The number of halogens is 1. The molecule has 0 amide bonds. The van der Waals surface area contributed by atoms with Crippen molar-refractivity contribution in [3.05, 3.63) is 51.8 Å². The number of carbonyl (C=O) groups excluding carboxylic acids is 1. The molecule has 0 N–H and O–H groups in total. The second kappa shape index (κ2) is 6.68. The molecule has 0 atom stereocenters. The zero-order chi connectivity index (χ0) is 13.7. The fourth-order valence-electron chi connectivity index (χ4n) is 1.60. The molecule has 1 aromatic carbocycles. The van der Waals surface area contributed by atoms with E-state index in [1.807, 2.05) is 24.3 Å². The van der Waals surface area contributed by atoms with E-state index < -0.39 is 0 Å². The molecule has 0 saturated carbocycles. The maximum atomic E-state index is 11.3. The summed E-state index contributed by atoms with van der Waals surface area (Å²) in [5.74, 6) is -0.312. The molecule has 0 unspecified atom stereocenters. The smallest absolute Gasteiger partial charge is 0.330 e. The minimum atomic E-state index is -0.312. The summed E-state index contributed by atoms with van der Waals surface area (Å²) in [5.41, 5.74) is 1.16. The Morgan fingerprint density at radius 3 is 2.79 bits per heavy atom. The molecule has 1 heterocycles. The van der Waals surface area contributed by atoms with Crippen LogP contribution in [0.4, 0.5) is 0 Å². The van der Waals surface area contributed by atoms with Crippen LogP contribution in [-0.4, -0.2) is 12.6 Å². The summed E-state index contributed by atoms with van der Waals surface area (Å²) in [6.45, 7) is 2.19. The summed E-state index contributed by atoms with van der Waals surface area (Å²) in [6, 6.07) is 12.1. The Hall–Kier alpha value is -1.39. The quantitative estimate of drug-likeness (QED) is 0.594. The molecule has 0 bridgehead atoms. The van der Waals surface area contributed by atoms with Crippen molar-refractivity contribution in [3.63, 3.8) is 0 Å². The van der Waals surface area contributed by atoms with E-state index in [2.05, 4.69) is 28.1 Å². The van der Waals surface area contributed by atoms with Crippen LogP contribution < -0.4 is 0 Å². The summed E-state index contributed by atoms with van der Waals surface area (Å²) in [4.78, 5) is 13.4. The highest BCUT2D eigenvalue weighted by Gasteiger charge is 2.07. The van der Waals surface area contributed by atoms with Gasteiger partial charge in [-0.25, -0.2) is 4.79 Å². The summed E-state index contributed by atoms with van der Waals surface area (Å²) in [6.07, 6.45) is 3.23. The standard InChI is InChI=1S/C15H13BrO2S/c1-2-18-14(17)9-8-12-10-13(16)15(19-12)11-6-4-3-5-7-11/h3-10H,2H2,1H3/b9-8+. The van der Waals surface area contributed by atoms with E-state index in [1.165, 1.54) is 6.08 Å². The number of esters is 1. The van der Waals surface area contributed by atoms with Crippen LogP contribution in [0, 0.1) is 0 Å². The second-order valence-electron chi connectivity index (χ2n) is 3.78. The summed E-state index contributed by atoms with van der Waals surface area (Å²) < 4.78 is 5.89. The molecule has 0 spiro atoms. The normalized spacial score (nSPS) is 10.8. The fourth-order valence-corrected chi connectivity index (χ4v) is 3.42. The molecule has 4 heteroatoms. The third-order valence-electron chi connectivity index (χ3n) is 2.41. The van der Waals surface area contributed by atoms with Gasteiger partial charge in [0.15, 0.2) is 0 Å². The Labute approximate surface area is 124 Å². The van der Waals surface area contributed by atoms with Gasteiger partial charge in [0, 0.05) is 20.3 Å². The highest BCUT2D eigenvalue weighted by Crippen LogP contribution is 2.36. The van der Waals surface area contributed by atoms with Gasteiger partial charge in [-0.2, -0.15) is 0 Å². The van der Waals surface area contributed by atoms with Crippen LogP contribution in [0.3, 0.4) is 0 Å². The van der Waals surface area contributed by atoms with Crippen molar-refractivity contribution in [2.75, 3.05) is 6.61 Å². The van der Waals surface area contributed by atoms with Crippen LogP contribution in [-0.2, 0) is 9.53 Å². The minimum Gasteiger partial charge on any atom is -0.463 e. The maximum Gasteiger partial charge on any atom is 0.330 e. The largest absolute Gasteiger partial charge is 0.463 e. The van der Waals surface area contributed by atoms with Gasteiger partial charge in [-0.1, -0.05) is 30.3 Å². The Morgan fingerprint density at radius 2 is 2.11 bits per heavy atom. The van der Waals surface area contributed by atoms with Gasteiger partial charge >= 0.3 is 5.97 Å². The lowest BCUT2D eigenvalue weighted by Gasteiger charge is -1.96. The van der Waals surface area contributed by atoms with Gasteiger partial charge < -0.3 is 4.74 Å². The van der Waals surface area contributed by atoms with E-state index in [1.54, 1.807) is 24.3 Å². The maximum absolute atomic E-state index is 11.3. The number of hydrogen-bond acceptors (Lipinski definition) is 3. The van der Waals surface area contributed by atoms with Gasteiger partial charge in [0.1, 0.15) is 0 Å². The Bertz CT molecular complexity index is 587. The lowest BCUT2D eigenvalue weighted by Crippen LogP contribution is -1.98. The van der Waals surface area contributed by atoms with Crippen molar-refractivity contribution in [3.8, 4) is 10.4 Å². The van der Waals surface area contributed by atoms with E-state index in [-0.39, 0.29) is 5.97 Å². The number of hydrogen-bond donors (Lipinski definition) is 0. The highest BCUT2D eigenvalue weighted by atomic mass is 79.9. The first-order valence-electron chi connectivity index (χ1n) is 5.90. The average molecular weight is 337 g/mol. The SMILES string of the molecule is CCOC(=O)/C=C/c1cc(Br)c(-c2ccccc2)s1. The predicted octanol–water partition coefficient (Wildman–Crippen LogP) is 4.75. The third-order valence-corrected chi connectivity index (χ3v) is 4.45. The van der Waals surface area contributed by atoms with Gasteiger partial charge in [-0.15, -0.1) is 11.3 Å². The van der Waals surface area contributed by atoms with Crippen LogP contribution in [0.5, 0.6) is 0 Å². The zero-order valence-corrected chi connectivity index (χ0v) is 12.8. The third kappa shape index (κ3) is 3.78. The van der Waals surface area contributed by atoms with E-state index in [0.29, 0.717) is 6.61 Å². The van der Waals surface area contributed by atoms with E-state index >= 15 is 0 Å². The molecule has 0 radical (unpaired) electrons. The summed E-state index contributed by atoms with van der Waals surface area (Å²) in [7, 11) is 0. The Morgan fingerprint density at radius 1 is 1.37 bits per heavy atom. The van der Waals surface area contributed by atoms with Crippen molar-refractivity contribution in [1.29, 1.82) is 0 Å². The first-order valence-corrected chi connectivity index (χ1v) is 7.51. The van der Waals surface area contributed by atoms with Crippen molar-refractivity contribution in [2.24, 2.45) is 0 Å². The molecule has 2 rings (SSSR count). The topological polar surface area (TPSA) is 26.3 Å². The molecule has 2 aromatic rings. The molecule has 0 fully saturated rings. The van der Waals surface area contributed by atoms with Gasteiger partial charge in [0.25, 0.3) is 0 Å². The number of benzene rings is 1. The number of ether oxygens (including phenoxy) is 1. The van der Waals surface area contributed by atoms with Crippen LogP contribution >= 0.6 is 27.3 Å². The molecule has 0 aliphatic rings. The van der Waals surface area contributed by atoms with Gasteiger partial charge in [0.05, 0.1) is 6.61 Å². The van der Waals surface area contributed by atoms with Crippen LogP contribution in [0.25, 0.3) is 16.5 Å². The van der Waals surface area contributed by atoms with Crippen LogP contribution in [0.15, 0.2) is 46.9 Å². The van der Waals surface area contributed by atoms with Gasteiger partial charge in [-0.3, -0.25) is 0 Å². The fraction of sp³-hybridized carbons (Fsp3) is 0.133. The first-order chi connectivity index (χ1) is 9.20. The summed E-state index contributed by atoms with van der Waals surface area (Å²) >= 11 is 5.18. The molecular formula is C15H13BrO2S. The van der Waals surface area contributed by atoms with E-state index in [9.17, 15) is 4.79 Å². The van der Waals surface area contributed by atoms with Crippen molar-refractivity contribution in [2.45, 2.75) is 6.92 Å². The Kier molecular flexibility index (Phi) is 4.93. The average Bonchev–Trinajstić information content (AvgIpc) is 2.79. The zero-order valence-electron chi connectivity index (χ0n) is 10.4. The summed E-state index contributed by atoms with van der Waals surface area (Å²) in [5, 5.41) is 0. The minimum absolute atomic E-state index is 0.312. The first kappa shape index (κ1) is 14.0. The van der Waals surface area contributed by atoms with Gasteiger partial charge in [-0.05, 0) is 40.6 Å². The monoisotopic (exact) mass is 336 g/mol. The van der Waals surface area contributed by atoms with E-state index in [4.69, 9.17) is 4.74 Å². The van der Waals surface area contributed by atoms with Crippen LogP contribution in [0.1, 0.15) is 11.8 Å². The van der Waals surface area contributed by atoms with E-state index in [0.717, 1.165) is 19.8 Å². The number of carbonyl (C=O) groups is 1. The molecule has 0 saturated heterocycles. The van der Waals surface area contributed by atoms with Crippen molar-refractivity contribution < 1.29 is 9.53 Å². The van der Waals surface area contributed by atoms with Crippen molar-refractivity contribution in [1.82, 2.24) is 0 Å². The lowest BCUT2D eigenvalue weighted by molar-refractivity contribution is -0.137.